The van der Waals surface area contributed by atoms with Gasteiger partial charge in [0.1, 0.15) is 0 Å². The smallest absolute Gasteiger partial charge is 0.0700 e. The highest BCUT2D eigenvalue weighted by Gasteiger charge is 2.28. The normalized spacial score (nSPS) is 21.1. The first-order chi connectivity index (χ1) is 8.09. The third kappa shape index (κ3) is 3.28. The van der Waals surface area contributed by atoms with Crippen molar-refractivity contribution in [2.45, 2.75) is 19.0 Å². The molecule has 1 aromatic rings. The van der Waals surface area contributed by atoms with Gasteiger partial charge in [0.15, 0.2) is 0 Å². The molecule has 94 valence electrons. The van der Waals surface area contributed by atoms with Gasteiger partial charge in [-0.2, -0.15) is 0 Å². The van der Waals surface area contributed by atoms with E-state index < -0.39 is 0 Å². The van der Waals surface area contributed by atoms with Crippen molar-refractivity contribution in [3.05, 3.63) is 34.3 Å². The number of rotatable bonds is 3. The average Bonchev–Trinajstić information content (AvgIpc) is 2.33. The lowest BCUT2D eigenvalue weighted by Gasteiger charge is -2.41. The summed E-state index contributed by atoms with van der Waals surface area (Å²) in [5.41, 5.74) is 7.47. The molecule has 0 amide bonds. The quantitative estimate of drug-likeness (QED) is 0.890. The fraction of sp³-hybridized carbons (Fsp3) is 0.538. The van der Waals surface area contributed by atoms with E-state index in [1.165, 1.54) is 5.56 Å². The van der Waals surface area contributed by atoms with Gasteiger partial charge in [0, 0.05) is 37.1 Å². The standard InChI is InChI=1S/C13H20BrN3/c1-13(15,17-8-6-16-7-9-17)10-11-4-2-3-5-12(11)14/h2-5,16H,6-10,15H2,1H3. The number of halogens is 1. The van der Waals surface area contributed by atoms with Crippen LogP contribution in [0.2, 0.25) is 0 Å². The van der Waals surface area contributed by atoms with Crippen LogP contribution < -0.4 is 11.1 Å². The molecule has 0 aromatic heterocycles. The fourth-order valence-electron chi connectivity index (χ4n) is 2.31. The Hall–Kier alpha value is -0.420. The molecule has 1 aliphatic heterocycles. The molecule has 1 atom stereocenters. The minimum atomic E-state index is -0.272. The Kier molecular flexibility index (Phi) is 4.20. The maximum absolute atomic E-state index is 6.47. The number of hydrogen-bond donors (Lipinski definition) is 2. The number of nitrogens with two attached hydrogens (primary N) is 1. The van der Waals surface area contributed by atoms with Crippen molar-refractivity contribution in [1.82, 2.24) is 10.2 Å². The van der Waals surface area contributed by atoms with Crippen molar-refractivity contribution in [2.24, 2.45) is 5.73 Å². The van der Waals surface area contributed by atoms with Gasteiger partial charge in [0.2, 0.25) is 0 Å². The number of piperazine rings is 1. The van der Waals surface area contributed by atoms with Crippen LogP contribution in [-0.4, -0.2) is 36.7 Å². The van der Waals surface area contributed by atoms with Gasteiger partial charge >= 0.3 is 0 Å². The van der Waals surface area contributed by atoms with Crippen LogP contribution in [0, 0.1) is 0 Å². The van der Waals surface area contributed by atoms with Gasteiger partial charge in [-0.3, -0.25) is 4.90 Å². The first-order valence-corrected chi connectivity index (χ1v) is 6.87. The highest BCUT2D eigenvalue weighted by Crippen LogP contribution is 2.22. The van der Waals surface area contributed by atoms with Crippen molar-refractivity contribution in [3.8, 4) is 0 Å². The average molecular weight is 298 g/mol. The molecule has 0 spiro atoms. The molecule has 4 heteroatoms. The van der Waals surface area contributed by atoms with Crippen molar-refractivity contribution >= 4 is 15.9 Å². The first kappa shape index (κ1) is 13.0. The fourth-order valence-corrected chi connectivity index (χ4v) is 2.74. The molecule has 1 aliphatic rings. The zero-order valence-electron chi connectivity index (χ0n) is 10.2. The minimum absolute atomic E-state index is 0.272. The minimum Gasteiger partial charge on any atom is -0.314 e. The zero-order chi connectivity index (χ0) is 12.3. The topological polar surface area (TPSA) is 41.3 Å². The summed E-state index contributed by atoms with van der Waals surface area (Å²) in [6.07, 6.45) is 0.869. The summed E-state index contributed by atoms with van der Waals surface area (Å²) in [5, 5.41) is 3.36. The van der Waals surface area contributed by atoms with Gasteiger partial charge in [0.25, 0.3) is 0 Å². The Labute approximate surface area is 111 Å². The Morgan fingerprint density at radius 3 is 2.65 bits per heavy atom. The summed E-state index contributed by atoms with van der Waals surface area (Å²) < 4.78 is 1.15. The van der Waals surface area contributed by atoms with Crippen LogP contribution in [0.4, 0.5) is 0 Å². The largest absolute Gasteiger partial charge is 0.314 e. The molecule has 1 saturated heterocycles. The molecule has 1 unspecified atom stereocenters. The van der Waals surface area contributed by atoms with Crippen LogP contribution in [0.15, 0.2) is 28.7 Å². The molecular weight excluding hydrogens is 278 g/mol. The summed E-state index contributed by atoms with van der Waals surface area (Å²) in [6, 6.07) is 8.31. The molecule has 17 heavy (non-hydrogen) atoms. The van der Waals surface area contributed by atoms with Crippen molar-refractivity contribution in [1.29, 1.82) is 0 Å². The lowest BCUT2D eigenvalue weighted by molar-refractivity contribution is 0.0931. The van der Waals surface area contributed by atoms with Gasteiger partial charge in [-0.05, 0) is 18.6 Å². The van der Waals surface area contributed by atoms with Gasteiger partial charge in [-0.1, -0.05) is 34.1 Å². The highest BCUT2D eigenvalue weighted by atomic mass is 79.9. The molecule has 1 fully saturated rings. The molecule has 3 nitrogen and oxygen atoms in total. The molecule has 1 heterocycles. The van der Waals surface area contributed by atoms with Crippen molar-refractivity contribution in [3.63, 3.8) is 0 Å². The van der Waals surface area contributed by atoms with Crippen molar-refractivity contribution < 1.29 is 0 Å². The van der Waals surface area contributed by atoms with Crippen molar-refractivity contribution in [2.75, 3.05) is 26.2 Å². The van der Waals surface area contributed by atoms with Crippen LogP contribution in [0.1, 0.15) is 12.5 Å². The molecule has 3 N–H and O–H groups in total. The van der Waals surface area contributed by atoms with Crippen LogP contribution in [0.5, 0.6) is 0 Å². The summed E-state index contributed by atoms with van der Waals surface area (Å²) in [7, 11) is 0. The Morgan fingerprint density at radius 2 is 2.00 bits per heavy atom. The summed E-state index contributed by atoms with van der Waals surface area (Å²) in [5.74, 6) is 0. The molecule has 0 saturated carbocycles. The predicted molar refractivity (Wildman–Crippen MR) is 74.9 cm³/mol. The maximum atomic E-state index is 6.47. The summed E-state index contributed by atoms with van der Waals surface area (Å²) in [6.45, 7) is 6.23. The van der Waals surface area contributed by atoms with Crippen LogP contribution in [-0.2, 0) is 6.42 Å². The van der Waals surface area contributed by atoms with E-state index in [0.29, 0.717) is 0 Å². The van der Waals surface area contributed by atoms with E-state index in [1.807, 2.05) is 6.07 Å². The lowest BCUT2D eigenvalue weighted by Crippen LogP contribution is -2.60. The van der Waals surface area contributed by atoms with E-state index in [1.54, 1.807) is 0 Å². The molecule has 0 radical (unpaired) electrons. The third-order valence-corrected chi connectivity index (χ3v) is 4.12. The maximum Gasteiger partial charge on any atom is 0.0700 e. The van der Waals surface area contributed by atoms with E-state index in [0.717, 1.165) is 37.1 Å². The van der Waals surface area contributed by atoms with E-state index in [4.69, 9.17) is 5.73 Å². The molecule has 2 rings (SSSR count). The van der Waals surface area contributed by atoms with Crippen LogP contribution in [0.3, 0.4) is 0 Å². The van der Waals surface area contributed by atoms with Gasteiger partial charge in [-0.15, -0.1) is 0 Å². The van der Waals surface area contributed by atoms with Gasteiger partial charge in [0.05, 0.1) is 5.66 Å². The SMILES string of the molecule is CC(N)(Cc1ccccc1Br)N1CCNCC1. The van der Waals surface area contributed by atoms with Crippen LogP contribution in [0.25, 0.3) is 0 Å². The Morgan fingerprint density at radius 1 is 1.35 bits per heavy atom. The summed E-state index contributed by atoms with van der Waals surface area (Å²) in [4.78, 5) is 2.36. The molecule has 0 bridgehead atoms. The predicted octanol–water partition coefficient (Wildman–Crippen LogP) is 1.57. The lowest BCUT2D eigenvalue weighted by atomic mass is 10.00. The number of hydrogen-bond acceptors (Lipinski definition) is 3. The third-order valence-electron chi connectivity index (χ3n) is 3.35. The highest BCUT2D eigenvalue weighted by molar-refractivity contribution is 9.10. The van der Waals surface area contributed by atoms with E-state index in [2.05, 4.69) is 51.3 Å². The monoisotopic (exact) mass is 297 g/mol. The van der Waals surface area contributed by atoms with E-state index in [9.17, 15) is 0 Å². The summed E-state index contributed by atoms with van der Waals surface area (Å²) >= 11 is 3.59. The van der Waals surface area contributed by atoms with Gasteiger partial charge < -0.3 is 11.1 Å². The first-order valence-electron chi connectivity index (χ1n) is 6.08. The molecular formula is C13H20BrN3. The second-order valence-electron chi connectivity index (χ2n) is 4.86. The zero-order valence-corrected chi connectivity index (χ0v) is 11.8. The second-order valence-corrected chi connectivity index (χ2v) is 5.72. The van der Waals surface area contributed by atoms with Crippen LogP contribution >= 0.6 is 15.9 Å². The Balaban J connectivity index is 2.08. The van der Waals surface area contributed by atoms with Gasteiger partial charge in [-0.25, -0.2) is 0 Å². The molecule has 1 aromatic carbocycles. The number of nitrogens with one attached hydrogen (secondary N) is 1. The second kappa shape index (κ2) is 5.48. The molecule has 0 aliphatic carbocycles. The number of benzene rings is 1. The van der Waals surface area contributed by atoms with E-state index >= 15 is 0 Å². The Bertz CT molecular complexity index is 373. The number of nitrogens with zero attached hydrogens (tertiary/aromatic N) is 1. The van der Waals surface area contributed by atoms with E-state index in [-0.39, 0.29) is 5.66 Å².